The third-order valence-corrected chi connectivity index (χ3v) is 2.61. The Balaban J connectivity index is 2.48. The minimum atomic E-state index is -0.675. The lowest BCUT2D eigenvalue weighted by molar-refractivity contribution is -0.141. The van der Waals surface area contributed by atoms with Gasteiger partial charge in [0.2, 0.25) is 0 Å². The zero-order valence-corrected chi connectivity index (χ0v) is 11.0. The second-order valence-electron chi connectivity index (χ2n) is 3.74. The van der Waals surface area contributed by atoms with Crippen LogP contribution < -0.4 is 4.74 Å². The molecule has 5 heteroatoms. The van der Waals surface area contributed by atoms with Crippen LogP contribution >= 0.6 is 11.6 Å². The Labute approximate surface area is 111 Å². The Hall–Kier alpha value is -1.26. The first-order valence-electron chi connectivity index (χ1n) is 5.71. The van der Waals surface area contributed by atoms with Crippen molar-refractivity contribution in [2.45, 2.75) is 18.9 Å². The molecule has 0 saturated carbocycles. The van der Waals surface area contributed by atoms with Gasteiger partial charge in [-0.05, 0) is 24.1 Å². The number of benzene rings is 1. The standard InChI is InChI=1S/C13H17ClO4/c1-17-13(16)7-6-12(15)10-2-4-11(5-3-10)18-9-8-14/h2-5,12,15H,6-9H2,1H3. The van der Waals surface area contributed by atoms with Crippen molar-refractivity contribution in [2.75, 3.05) is 19.6 Å². The normalized spacial score (nSPS) is 11.9. The van der Waals surface area contributed by atoms with Gasteiger partial charge in [0.25, 0.3) is 0 Å². The van der Waals surface area contributed by atoms with Gasteiger partial charge in [0.15, 0.2) is 0 Å². The number of methoxy groups -OCH3 is 1. The number of carbonyl (C=O) groups is 1. The maximum Gasteiger partial charge on any atom is 0.305 e. The molecule has 0 aliphatic rings. The van der Waals surface area contributed by atoms with E-state index in [0.717, 1.165) is 5.56 Å². The predicted molar refractivity (Wildman–Crippen MR) is 68.9 cm³/mol. The van der Waals surface area contributed by atoms with Crippen molar-refractivity contribution in [1.29, 1.82) is 0 Å². The fourth-order valence-corrected chi connectivity index (χ4v) is 1.54. The summed E-state index contributed by atoms with van der Waals surface area (Å²) in [6, 6.07) is 7.07. The first kappa shape index (κ1) is 14.8. The molecule has 1 aromatic carbocycles. The van der Waals surface area contributed by atoms with Crippen LogP contribution in [0.5, 0.6) is 5.75 Å². The number of halogens is 1. The van der Waals surface area contributed by atoms with Gasteiger partial charge >= 0.3 is 5.97 Å². The maximum atomic E-state index is 11.0. The molecule has 1 aromatic rings. The number of carbonyl (C=O) groups excluding carboxylic acids is 1. The summed E-state index contributed by atoms with van der Waals surface area (Å²) >= 11 is 5.51. The van der Waals surface area contributed by atoms with Gasteiger partial charge in [-0.2, -0.15) is 0 Å². The van der Waals surface area contributed by atoms with Crippen molar-refractivity contribution in [3.05, 3.63) is 29.8 Å². The van der Waals surface area contributed by atoms with Crippen molar-refractivity contribution < 1.29 is 19.4 Å². The van der Waals surface area contributed by atoms with Crippen LogP contribution in [0.25, 0.3) is 0 Å². The van der Waals surface area contributed by atoms with E-state index in [4.69, 9.17) is 16.3 Å². The zero-order chi connectivity index (χ0) is 13.4. The summed E-state index contributed by atoms with van der Waals surface area (Å²) in [5.74, 6) is 0.819. The van der Waals surface area contributed by atoms with Crippen LogP contribution in [0.2, 0.25) is 0 Å². The van der Waals surface area contributed by atoms with E-state index in [-0.39, 0.29) is 12.4 Å². The molecule has 0 amide bonds. The highest BCUT2D eigenvalue weighted by Gasteiger charge is 2.10. The van der Waals surface area contributed by atoms with Gasteiger partial charge in [-0.1, -0.05) is 12.1 Å². The fourth-order valence-electron chi connectivity index (χ4n) is 1.47. The highest BCUT2D eigenvalue weighted by atomic mass is 35.5. The SMILES string of the molecule is COC(=O)CCC(O)c1ccc(OCCCl)cc1. The smallest absolute Gasteiger partial charge is 0.305 e. The summed E-state index contributed by atoms with van der Waals surface area (Å²) in [4.78, 5) is 11.0. The van der Waals surface area contributed by atoms with E-state index < -0.39 is 6.10 Å². The molecule has 0 radical (unpaired) electrons. The van der Waals surface area contributed by atoms with Crippen LogP contribution in [0.15, 0.2) is 24.3 Å². The molecule has 0 bridgehead atoms. The van der Waals surface area contributed by atoms with Crippen molar-refractivity contribution in [3.8, 4) is 5.75 Å². The molecular weight excluding hydrogens is 256 g/mol. The Morgan fingerprint density at radius 1 is 1.39 bits per heavy atom. The summed E-state index contributed by atoms with van der Waals surface area (Å²) in [7, 11) is 1.33. The van der Waals surface area contributed by atoms with Crippen LogP contribution in [0.4, 0.5) is 0 Å². The van der Waals surface area contributed by atoms with Gasteiger partial charge in [0, 0.05) is 6.42 Å². The van der Waals surface area contributed by atoms with E-state index in [1.807, 2.05) is 0 Å². The lowest BCUT2D eigenvalue weighted by Gasteiger charge is -2.11. The summed E-state index contributed by atoms with van der Waals surface area (Å²) in [5.41, 5.74) is 0.747. The van der Waals surface area contributed by atoms with E-state index in [9.17, 15) is 9.90 Å². The van der Waals surface area contributed by atoms with Crippen LogP contribution in [0.3, 0.4) is 0 Å². The van der Waals surface area contributed by atoms with Gasteiger partial charge in [-0.25, -0.2) is 0 Å². The average molecular weight is 273 g/mol. The molecule has 0 aromatic heterocycles. The molecule has 0 saturated heterocycles. The highest BCUT2D eigenvalue weighted by Crippen LogP contribution is 2.21. The van der Waals surface area contributed by atoms with Crippen molar-refractivity contribution in [3.63, 3.8) is 0 Å². The second kappa shape index (κ2) is 7.95. The molecule has 1 N–H and O–H groups in total. The van der Waals surface area contributed by atoms with E-state index in [1.54, 1.807) is 24.3 Å². The molecule has 1 unspecified atom stereocenters. The lowest BCUT2D eigenvalue weighted by Crippen LogP contribution is -2.05. The molecular formula is C13H17ClO4. The predicted octanol–water partition coefficient (Wildman–Crippen LogP) is 2.29. The van der Waals surface area contributed by atoms with E-state index in [1.165, 1.54) is 7.11 Å². The highest BCUT2D eigenvalue weighted by molar-refractivity contribution is 6.18. The Morgan fingerprint density at radius 3 is 2.61 bits per heavy atom. The molecule has 100 valence electrons. The molecule has 0 aliphatic carbocycles. The summed E-state index contributed by atoms with van der Waals surface area (Å²) in [6.45, 7) is 0.450. The monoisotopic (exact) mass is 272 g/mol. The van der Waals surface area contributed by atoms with Gasteiger partial charge < -0.3 is 14.6 Å². The maximum absolute atomic E-state index is 11.0. The van der Waals surface area contributed by atoms with Gasteiger partial charge in [0.05, 0.1) is 19.1 Å². The van der Waals surface area contributed by atoms with Crippen molar-refractivity contribution in [2.24, 2.45) is 0 Å². The topological polar surface area (TPSA) is 55.8 Å². The van der Waals surface area contributed by atoms with E-state index in [0.29, 0.717) is 24.7 Å². The summed E-state index contributed by atoms with van der Waals surface area (Å²) < 4.78 is 9.84. The zero-order valence-electron chi connectivity index (χ0n) is 10.3. The molecule has 0 spiro atoms. The number of aliphatic hydroxyl groups is 1. The van der Waals surface area contributed by atoms with Crippen molar-refractivity contribution >= 4 is 17.6 Å². The third kappa shape index (κ3) is 4.94. The number of esters is 1. The average Bonchev–Trinajstić information content (AvgIpc) is 2.42. The number of hydrogen-bond acceptors (Lipinski definition) is 4. The van der Waals surface area contributed by atoms with Crippen LogP contribution in [0, 0.1) is 0 Å². The molecule has 0 aliphatic heterocycles. The van der Waals surface area contributed by atoms with Crippen LogP contribution in [0.1, 0.15) is 24.5 Å². The Bertz CT molecular complexity index is 364. The van der Waals surface area contributed by atoms with Gasteiger partial charge in [0.1, 0.15) is 12.4 Å². The van der Waals surface area contributed by atoms with Crippen molar-refractivity contribution in [1.82, 2.24) is 0 Å². The first-order valence-corrected chi connectivity index (χ1v) is 6.24. The molecule has 18 heavy (non-hydrogen) atoms. The van der Waals surface area contributed by atoms with Crippen LogP contribution in [-0.2, 0) is 9.53 Å². The largest absolute Gasteiger partial charge is 0.492 e. The summed E-state index contributed by atoms with van der Waals surface area (Å²) in [5, 5.41) is 9.86. The number of hydrogen-bond donors (Lipinski definition) is 1. The van der Waals surface area contributed by atoms with Gasteiger partial charge in [-0.3, -0.25) is 4.79 Å². The molecule has 1 atom stereocenters. The number of aliphatic hydroxyl groups excluding tert-OH is 1. The minimum absolute atomic E-state index is 0.197. The molecule has 1 rings (SSSR count). The fraction of sp³-hybridized carbons (Fsp3) is 0.462. The summed E-state index contributed by atoms with van der Waals surface area (Å²) in [6.07, 6.45) is -0.136. The Morgan fingerprint density at radius 2 is 2.06 bits per heavy atom. The number of rotatable bonds is 7. The molecule has 0 fully saturated rings. The van der Waals surface area contributed by atoms with E-state index >= 15 is 0 Å². The second-order valence-corrected chi connectivity index (χ2v) is 4.12. The van der Waals surface area contributed by atoms with E-state index in [2.05, 4.69) is 4.74 Å². The molecule has 4 nitrogen and oxygen atoms in total. The third-order valence-electron chi connectivity index (χ3n) is 2.46. The first-order chi connectivity index (χ1) is 8.67. The minimum Gasteiger partial charge on any atom is -0.492 e. The quantitative estimate of drug-likeness (QED) is 0.611. The lowest BCUT2D eigenvalue weighted by atomic mass is 10.1. The van der Waals surface area contributed by atoms with Gasteiger partial charge in [-0.15, -0.1) is 11.6 Å². The molecule has 0 heterocycles. The Kier molecular flexibility index (Phi) is 6.54. The van der Waals surface area contributed by atoms with Crippen LogP contribution in [-0.4, -0.2) is 30.7 Å². The number of alkyl halides is 1. The number of ether oxygens (including phenoxy) is 2.